The predicted molar refractivity (Wildman–Crippen MR) is 154 cm³/mol. The third kappa shape index (κ3) is 19.2. The van der Waals surface area contributed by atoms with Crippen LogP contribution in [0.3, 0.4) is 0 Å². The largest absolute Gasteiger partial charge is 0.355 e. The maximum Gasteiger partial charge on any atom is 0.0191 e. The van der Waals surface area contributed by atoms with E-state index in [0.29, 0.717) is 0 Å². The highest BCUT2D eigenvalue weighted by Gasteiger charge is 1.92. The summed E-state index contributed by atoms with van der Waals surface area (Å²) in [7, 11) is 0. The van der Waals surface area contributed by atoms with Crippen molar-refractivity contribution in [2.75, 3.05) is 0 Å². The molecule has 2 aromatic carbocycles. The topological polar surface area (TPSA) is 4.93 Å². The quantitative estimate of drug-likeness (QED) is 0.370. The van der Waals surface area contributed by atoms with E-state index in [2.05, 4.69) is 87.1 Å². The van der Waals surface area contributed by atoms with Crippen molar-refractivity contribution < 1.29 is 7.37 Å². The summed E-state index contributed by atoms with van der Waals surface area (Å²) in [6, 6.07) is 24.6. The van der Waals surface area contributed by atoms with Crippen molar-refractivity contribution >= 4 is 0 Å². The summed E-state index contributed by atoms with van der Waals surface area (Å²) in [5, 5.41) is 0. The van der Waals surface area contributed by atoms with Crippen molar-refractivity contribution in [3.05, 3.63) is 120 Å². The van der Waals surface area contributed by atoms with E-state index >= 15 is 0 Å². The number of hydrogen-bond donors (Lipinski definition) is 0. The lowest BCUT2D eigenvalue weighted by Crippen LogP contribution is -1.85. The smallest absolute Gasteiger partial charge is 0.0191 e. The third-order valence-corrected chi connectivity index (χ3v) is 4.21. The summed E-state index contributed by atoms with van der Waals surface area (Å²) in [4.78, 5) is 0. The van der Waals surface area contributed by atoms with E-state index in [0.717, 1.165) is 6.54 Å². The number of allylic oxidation sites excluding steroid dienone is 4. The molecule has 1 heterocycles. The fourth-order valence-electron chi connectivity index (χ4n) is 2.40. The van der Waals surface area contributed by atoms with Crippen LogP contribution < -0.4 is 0 Å². The summed E-state index contributed by atoms with van der Waals surface area (Å²) >= 11 is 0. The zero-order valence-electron chi connectivity index (χ0n) is 25.9. The molecule has 1 aliphatic carbocycles. The second-order valence-electron chi connectivity index (χ2n) is 6.63. The maximum absolute atomic E-state index is 5.00. The Kier molecular flexibility index (Phi) is 20.8. The minimum Gasteiger partial charge on any atom is -0.355 e. The van der Waals surface area contributed by atoms with Gasteiger partial charge in [-0.3, -0.25) is 0 Å². The van der Waals surface area contributed by atoms with Gasteiger partial charge in [-0.15, -0.1) is 0 Å². The summed E-state index contributed by atoms with van der Waals surface area (Å²) < 4.78 is 22.1. The van der Waals surface area contributed by atoms with Crippen molar-refractivity contribution in [2.45, 2.75) is 74.8 Å². The molecular weight excluding hydrogens is 386 g/mol. The SMILES string of the molecule is CC.CC.CCC1=CC=CC1.CCn1cccc1.Cc1ccccc1.Cc1ccccc1.[2HH].[2H][2H].[2H][2H]. The van der Waals surface area contributed by atoms with Gasteiger partial charge in [-0.25, -0.2) is 0 Å². The first-order chi connectivity index (χ1) is 17.7. The van der Waals surface area contributed by atoms with Crippen molar-refractivity contribution in [3.63, 3.8) is 0 Å². The molecule has 1 nitrogen and oxygen atoms in total. The van der Waals surface area contributed by atoms with Gasteiger partial charge in [0.15, 0.2) is 0 Å². The van der Waals surface area contributed by atoms with Crippen LogP contribution in [0.5, 0.6) is 0 Å². The van der Waals surface area contributed by atoms with Gasteiger partial charge in [0.05, 0.1) is 0 Å². The molecule has 1 heteroatoms. The molecule has 0 aliphatic heterocycles. The number of rotatable bonds is 2. The molecule has 0 radical (unpaired) electrons. The van der Waals surface area contributed by atoms with Gasteiger partial charge in [0, 0.05) is 26.3 Å². The molecule has 182 valence electrons. The zero-order valence-corrected chi connectivity index (χ0v) is 21.9. The van der Waals surface area contributed by atoms with Gasteiger partial charge in [-0.2, -0.15) is 0 Å². The Morgan fingerprint density at radius 3 is 1.34 bits per heavy atom. The van der Waals surface area contributed by atoms with Crippen LogP contribution in [-0.2, 0) is 6.54 Å². The fraction of sp³-hybridized carbons (Fsp3) is 0.355. The molecular formula is C31H53N. The summed E-state index contributed by atoms with van der Waals surface area (Å²) in [6.07, 6.45) is 13.0. The van der Waals surface area contributed by atoms with Crippen LogP contribution in [0.1, 0.15) is 72.9 Å². The number of hydrogen-bond acceptors (Lipinski definition) is 0. The van der Waals surface area contributed by atoms with E-state index in [1.807, 2.05) is 76.2 Å². The number of aromatic nitrogens is 1. The van der Waals surface area contributed by atoms with E-state index in [9.17, 15) is 0 Å². The standard InChI is InChI=1S/2C7H8.C7H10.C6H9N.2C2H6.3H2/c2*1-7-5-3-2-4-6-7;2*1-2-7-5-3-4-6-7;2*1-2;;;/h2*2-6H,1H3;3-5H,2,6H2,1H3;3-6H,2H2,1H3;2*1-2H3;3*1H/i;;;;;;2*1+1D;1+1. The molecule has 0 bridgehead atoms. The second-order valence-corrected chi connectivity index (χ2v) is 6.63. The average molecular weight is 445 g/mol. The first-order valence-corrected chi connectivity index (χ1v) is 12.1. The molecule has 1 aliphatic rings. The molecule has 0 unspecified atom stereocenters. The average Bonchev–Trinajstić information content (AvgIpc) is 3.70. The molecule has 32 heavy (non-hydrogen) atoms. The molecule has 0 N–H and O–H groups in total. The van der Waals surface area contributed by atoms with E-state index in [-0.39, 0.29) is 1.43 Å². The van der Waals surface area contributed by atoms with E-state index in [1.165, 1.54) is 24.0 Å². The van der Waals surface area contributed by atoms with E-state index in [4.69, 9.17) is 5.94 Å². The van der Waals surface area contributed by atoms with Crippen LogP contribution in [0.15, 0.2) is 109 Å². The van der Waals surface area contributed by atoms with Crippen molar-refractivity contribution in [3.8, 4) is 0 Å². The number of aryl methyl sites for hydroxylation is 3. The fourth-order valence-corrected chi connectivity index (χ4v) is 2.40. The van der Waals surface area contributed by atoms with Crippen LogP contribution in [-0.4, -0.2) is 4.57 Å². The lowest BCUT2D eigenvalue weighted by Gasteiger charge is -1.89. The maximum atomic E-state index is 5.00. The highest BCUT2D eigenvalue weighted by atomic mass is 14.9. The predicted octanol–water partition coefficient (Wildman–Crippen LogP) is 10.6. The van der Waals surface area contributed by atoms with Gasteiger partial charge in [0.1, 0.15) is 0 Å². The van der Waals surface area contributed by atoms with Gasteiger partial charge in [0.2, 0.25) is 0 Å². The Morgan fingerprint density at radius 2 is 1.16 bits per heavy atom. The Bertz CT molecular complexity index is 749. The van der Waals surface area contributed by atoms with Gasteiger partial charge >= 0.3 is 0 Å². The molecule has 3 aromatic rings. The van der Waals surface area contributed by atoms with Crippen LogP contribution >= 0.6 is 0 Å². The summed E-state index contributed by atoms with van der Waals surface area (Å²) in [5.74, 6) is 0. The van der Waals surface area contributed by atoms with Crippen LogP contribution in [0, 0.1) is 13.8 Å². The molecule has 0 saturated carbocycles. The lowest BCUT2D eigenvalue weighted by atomic mass is 10.2. The molecule has 1 aromatic heterocycles. The van der Waals surface area contributed by atoms with Crippen molar-refractivity contribution in [1.29, 1.82) is 0 Å². The van der Waals surface area contributed by atoms with Crippen LogP contribution in [0.4, 0.5) is 0 Å². The highest BCUT2D eigenvalue weighted by molar-refractivity contribution is 5.22. The molecule has 0 spiro atoms. The minimum atomic E-state index is 0. The summed E-state index contributed by atoms with van der Waals surface area (Å²) in [6.45, 7) is 17.6. The minimum absolute atomic E-state index is 0. The normalized spacial score (nSPS) is 10.6. The summed E-state index contributed by atoms with van der Waals surface area (Å²) in [5.41, 5.74) is 4.20. The first kappa shape index (κ1) is 27.2. The second kappa shape index (κ2) is 24.5. The Balaban J connectivity index is -0.000000112. The van der Waals surface area contributed by atoms with Gasteiger partial charge in [-0.05, 0) is 45.7 Å². The molecule has 0 atom stereocenters. The molecule has 0 saturated heterocycles. The molecule has 0 amide bonds. The number of benzene rings is 2. The molecule has 0 fully saturated rings. The number of nitrogens with zero attached hydrogens (tertiary/aromatic N) is 1. The zero-order chi connectivity index (χ0) is 28.5. The first-order valence-electron chi connectivity index (χ1n) is 14.1. The monoisotopic (exact) mass is 444 g/mol. The van der Waals surface area contributed by atoms with Crippen molar-refractivity contribution in [1.82, 2.24) is 4.57 Å². The van der Waals surface area contributed by atoms with Crippen LogP contribution in [0.25, 0.3) is 0 Å². The Morgan fingerprint density at radius 1 is 0.719 bits per heavy atom. The van der Waals surface area contributed by atoms with Gasteiger partial charge in [-0.1, -0.05) is 130 Å². The highest BCUT2D eigenvalue weighted by Crippen LogP contribution is 2.12. The lowest BCUT2D eigenvalue weighted by molar-refractivity contribution is 0.769. The Hall–Kier alpha value is -2.80. The van der Waals surface area contributed by atoms with E-state index < -0.39 is 0 Å². The molecule has 4 rings (SSSR count). The Labute approximate surface area is 207 Å². The third-order valence-electron chi connectivity index (χ3n) is 4.21. The van der Waals surface area contributed by atoms with Crippen LogP contribution in [0.2, 0.25) is 0 Å². The van der Waals surface area contributed by atoms with Gasteiger partial charge < -0.3 is 4.57 Å². The van der Waals surface area contributed by atoms with Gasteiger partial charge in [0.25, 0.3) is 0 Å². The van der Waals surface area contributed by atoms with E-state index in [1.54, 1.807) is 5.57 Å². The van der Waals surface area contributed by atoms with Crippen molar-refractivity contribution in [2.24, 2.45) is 0 Å².